The molecule has 0 saturated heterocycles. The summed E-state index contributed by atoms with van der Waals surface area (Å²) in [6.45, 7) is 1.89. The van der Waals surface area contributed by atoms with Gasteiger partial charge >= 0.3 is 5.97 Å². The Hall–Kier alpha value is -1.95. The third-order valence-corrected chi connectivity index (χ3v) is 1.68. The average molecular weight is 190 g/mol. The van der Waals surface area contributed by atoms with Crippen molar-refractivity contribution < 1.29 is 14.6 Å². The van der Waals surface area contributed by atoms with Gasteiger partial charge in [-0.05, 0) is 19.1 Å². The lowest BCUT2D eigenvalue weighted by molar-refractivity contribution is 0.0693. The molecule has 72 valence electrons. The highest BCUT2D eigenvalue weighted by Gasteiger charge is 2.10. The van der Waals surface area contributed by atoms with Gasteiger partial charge in [0, 0.05) is 0 Å². The number of rotatable bonds is 3. The molecular formula is C11H10O3. The van der Waals surface area contributed by atoms with Crippen molar-refractivity contribution in [3.63, 3.8) is 0 Å². The number of ether oxygens (including phenoxy) is 1. The molecule has 0 saturated carbocycles. The minimum absolute atomic E-state index is 0.0728. The molecule has 1 aromatic rings. The van der Waals surface area contributed by atoms with Crippen LogP contribution in [0.3, 0.4) is 0 Å². The fraction of sp³-hybridized carbons (Fsp3) is 0.182. The van der Waals surface area contributed by atoms with Crippen LogP contribution in [0, 0.1) is 19.3 Å². The SMILES string of the molecule is C#CCOc1ccc(C)cc1C(=O)O. The Balaban J connectivity index is 3.03. The Morgan fingerprint density at radius 3 is 2.93 bits per heavy atom. The van der Waals surface area contributed by atoms with Crippen molar-refractivity contribution in [3.8, 4) is 18.1 Å². The molecule has 0 bridgehead atoms. The van der Waals surface area contributed by atoms with Crippen molar-refractivity contribution in [1.82, 2.24) is 0 Å². The maximum atomic E-state index is 10.8. The van der Waals surface area contributed by atoms with Gasteiger partial charge in [0.2, 0.25) is 0 Å². The van der Waals surface area contributed by atoms with Crippen LogP contribution in [-0.4, -0.2) is 17.7 Å². The van der Waals surface area contributed by atoms with E-state index in [0.717, 1.165) is 5.56 Å². The summed E-state index contributed by atoms with van der Waals surface area (Å²) in [5.74, 6) is 1.58. The smallest absolute Gasteiger partial charge is 0.339 e. The largest absolute Gasteiger partial charge is 0.480 e. The maximum absolute atomic E-state index is 10.8. The van der Waals surface area contributed by atoms with Crippen LogP contribution in [0.5, 0.6) is 5.75 Å². The van der Waals surface area contributed by atoms with E-state index in [-0.39, 0.29) is 12.2 Å². The molecule has 0 aromatic heterocycles. The zero-order valence-corrected chi connectivity index (χ0v) is 7.78. The van der Waals surface area contributed by atoms with Crippen molar-refractivity contribution in [2.45, 2.75) is 6.92 Å². The molecule has 0 atom stereocenters. The zero-order chi connectivity index (χ0) is 10.6. The molecule has 0 unspecified atom stereocenters. The minimum Gasteiger partial charge on any atom is -0.480 e. The van der Waals surface area contributed by atoms with Crippen molar-refractivity contribution in [2.75, 3.05) is 6.61 Å². The van der Waals surface area contributed by atoms with Gasteiger partial charge in [-0.25, -0.2) is 4.79 Å². The van der Waals surface area contributed by atoms with E-state index >= 15 is 0 Å². The second-order valence-corrected chi connectivity index (χ2v) is 2.80. The molecule has 3 heteroatoms. The number of aryl methyl sites for hydroxylation is 1. The monoisotopic (exact) mass is 190 g/mol. The number of carboxylic acids is 1. The Morgan fingerprint density at radius 1 is 1.64 bits per heavy atom. The van der Waals surface area contributed by atoms with Crippen LogP contribution in [0.25, 0.3) is 0 Å². The van der Waals surface area contributed by atoms with E-state index in [4.69, 9.17) is 16.3 Å². The van der Waals surface area contributed by atoms with Gasteiger partial charge < -0.3 is 9.84 Å². The van der Waals surface area contributed by atoms with Gasteiger partial charge in [0.25, 0.3) is 0 Å². The molecule has 0 aliphatic carbocycles. The molecule has 3 nitrogen and oxygen atoms in total. The number of hydrogen-bond donors (Lipinski definition) is 1. The van der Waals surface area contributed by atoms with Gasteiger partial charge in [0.15, 0.2) is 0 Å². The zero-order valence-electron chi connectivity index (χ0n) is 7.78. The van der Waals surface area contributed by atoms with Crippen LogP contribution in [-0.2, 0) is 0 Å². The van der Waals surface area contributed by atoms with Crippen LogP contribution in [0.1, 0.15) is 15.9 Å². The summed E-state index contributed by atoms with van der Waals surface area (Å²) in [7, 11) is 0. The predicted octanol–water partition coefficient (Wildman–Crippen LogP) is 1.71. The second-order valence-electron chi connectivity index (χ2n) is 2.80. The Labute approximate surface area is 82.3 Å². The topological polar surface area (TPSA) is 46.5 Å². The summed E-state index contributed by atoms with van der Waals surface area (Å²) in [6, 6.07) is 4.93. The lowest BCUT2D eigenvalue weighted by Gasteiger charge is -2.06. The molecule has 0 amide bonds. The number of carboxylic acid groups (broad SMARTS) is 1. The van der Waals surface area contributed by atoms with Crippen molar-refractivity contribution in [1.29, 1.82) is 0 Å². The number of benzene rings is 1. The molecule has 1 aromatic carbocycles. The Bertz CT molecular complexity index is 388. The molecule has 14 heavy (non-hydrogen) atoms. The van der Waals surface area contributed by atoms with Gasteiger partial charge in [0.1, 0.15) is 17.9 Å². The molecule has 0 aliphatic heterocycles. The third-order valence-electron chi connectivity index (χ3n) is 1.68. The summed E-state index contributed by atoms with van der Waals surface area (Å²) in [6.07, 6.45) is 5.01. The van der Waals surface area contributed by atoms with E-state index in [0.29, 0.717) is 5.75 Å². The molecule has 0 spiro atoms. The summed E-state index contributed by atoms with van der Waals surface area (Å²) in [5.41, 5.74) is 1.01. The van der Waals surface area contributed by atoms with E-state index < -0.39 is 5.97 Å². The van der Waals surface area contributed by atoms with Crippen molar-refractivity contribution in [3.05, 3.63) is 29.3 Å². The lowest BCUT2D eigenvalue weighted by Crippen LogP contribution is -2.03. The van der Waals surface area contributed by atoms with Gasteiger partial charge in [-0.1, -0.05) is 17.6 Å². The summed E-state index contributed by atoms with van der Waals surface area (Å²) >= 11 is 0. The van der Waals surface area contributed by atoms with Crippen molar-refractivity contribution in [2.24, 2.45) is 0 Å². The minimum atomic E-state index is -1.01. The van der Waals surface area contributed by atoms with Gasteiger partial charge in [-0.15, -0.1) is 6.42 Å². The normalized spacial score (nSPS) is 9.14. The summed E-state index contributed by atoms with van der Waals surface area (Å²) < 4.78 is 5.09. The van der Waals surface area contributed by atoms with Crippen LogP contribution in [0.15, 0.2) is 18.2 Å². The van der Waals surface area contributed by atoms with E-state index in [1.807, 2.05) is 6.92 Å². The highest BCUT2D eigenvalue weighted by atomic mass is 16.5. The first kappa shape index (κ1) is 10.1. The molecule has 1 N–H and O–H groups in total. The molecule has 1 rings (SSSR count). The first-order chi connectivity index (χ1) is 6.65. The Morgan fingerprint density at radius 2 is 2.36 bits per heavy atom. The quantitative estimate of drug-likeness (QED) is 0.738. The standard InChI is InChI=1S/C11H10O3/c1-3-6-14-10-5-4-8(2)7-9(10)11(12)13/h1,4-5,7H,6H2,2H3,(H,12,13). The lowest BCUT2D eigenvalue weighted by atomic mass is 10.1. The number of aromatic carboxylic acids is 1. The second kappa shape index (κ2) is 4.33. The summed E-state index contributed by atoms with van der Waals surface area (Å²) in [4.78, 5) is 10.8. The number of hydrogen-bond acceptors (Lipinski definition) is 2. The van der Waals surface area contributed by atoms with Crippen LogP contribution in [0.2, 0.25) is 0 Å². The Kier molecular flexibility index (Phi) is 3.14. The van der Waals surface area contributed by atoms with E-state index in [2.05, 4.69) is 5.92 Å². The van der Waals surface area contributed by atoms with Gasteiger partial charge in [-0.2, -0.15) is 0 Å². The predicted molar refractivity (Wildman–Crippen MR) is 52.5 cm³/mol. The average Bonchev–Trinajstić information content (AvgIpc) is 2.15. The highest BCUT2D eigenvalue weighted by molar-refractivity contribution is 5.91. The van der Waals surface area contributed by atoms with Crippen LogP contribution >= 0.6 is 0 Å². The van der Waals surface area contributed by atoms with E-state index in [1.165, 1.54) is 0 Å². The molecule has 0 heterocycles. The number of terminal acetylenes is 1. The molecule has 0 fully saturated rings. The van der Waals surface area contributed by atoms with Gasteiger partial charge in [0.05, 0.1) is 0 Å². The van der Waals surface area contributed by atoms with E-state index in [1.54, 1.807) is 18.2 Å². The fourth-order valence-corrected chi connectivity index (χ4v) is 1.06. The fourth-order valence-electron chi connectivity index (χ4n) is 1.06. The van der Waals surface area contributed by atoms with Crippen LogP contribution in [0.4, 0.5) is 0 Å². The van der Waals surface area contributed by atoms with Crippen molar-refractivity contribution >= 4 is 5.97 Å². The highest BCUT2D eigenvalue weighted by Crippen LogP contribution is 2.19. The third kappa shape index (κ3) is 2.27. The summed E-state index contributed by atoms with van der Waals surface area (Å²) in [5, 5.41) is 8.86. The van der Waals surface area contributed by atoms with E-state index in [9.17, 15) is 4.79 Å². The molecule has 0 radical (unpaired) electrons. The first-order valence-corrected chi connectivity index (χ1v) is 4.05. The van der Waals surface area contributed by atoms with Crippen LogP contribution < -0.4 is 4.74 Å². The maximum Gasteiger partial charge on any atom is 0.339 e. The molecule has 0 aliphatic rings. The molecular weight excluding hydrogens is 180 g/mol. The first-order valence-electron chi connectivity index (χ1n) is 4.05. The number of carbonyl (C=O) groups is 1. The van der Waals surface area contributed by atoms with Gasteiger partial charge in [-0.3, -0.25) is 0 Å².